The monoisotopic (exact) mass is 499 g/mol. The van der Waals surface area contributed by atoms with Crippen molar-refractivity contribution < 1.29 is 27.1 Å². The van der Waals surface area contributed by atoms with Gasteiger partial charge in [0.2, 0.25) is 25.3 Å². The van der Waals surface area contributed by atoms with E-state index in [-0.39, 0.29) is 28.8 Å². The van der Waals surface area contributed by atoms with E-state index in [1.807, 2.05) is 19.6 Å². The quantitative estimate of drug-likeness (QED) is 0.263. The first-order chi connectivity index (χ1) is 12.5. The second-order valence-corrected chi connectivity index (χ2v) is 13.4. The Morgan fingerprint density at radius 3 is 2.67 bits per heavy atom. The Morgan fingerprint density at radius 1 is 1.44 bits per heavy atom. The van der Waals surface area contributed by atoms with Crippen molar-refractivity contribution >= 4 is 47.1 Å². The van der Waals surface area contributed by atoms with Crippen LogP contribution >= 0.6 is 27.5 Å². The smallest absolute Gasteiger partial charge is 0.242 e. The molecule has 0 aliphatic rings. The van der Waals surface area contributed by atoms with Gasteiger partial charge in [0.1, 0.15) is 5.82 Å². The molecule has 2 aromatic rings. The van der Waals surface area contributed by atoms with Crippen LogP contribution in [0, 0.1) is 5.82 Å². The standard InChI is InChI=1S/C16H20BrClFNO5SSi/c1-27(2,3)25-16-13(21)14(9-4-5-12(19)11(18)8-9)24-15(16)10(17)6-7-20-26(22)23/h4-5,8,10,20-21H,6-7H2,1-3H3,(H,22,23). The number of halogens is 3. The van der Waals surface area contributed by atoms with Gasteiger partial charge in [-0.3, -0.25) is 4.55 Å². The van der Waals surface area contributed by atoms with Gasteiger partial charge >= 0.3 is 0 Å². The summed E-state index contributed by atoms with van der Waals surface area (Å²) in [5.74, 6) is -0.110. The predicted octanol–water partition coefficient (Wildman–Crippen LogP) is 5.21. The normalized spacial score (nSPS) is 14.2. The Balaban J connectivity index is 2.44. The van der Waals surface area contributed by atoms with Crippen LogP contribution in [-0.2, 0) is 11.3 Å². The first-order valence-electron chi connectivity index (χ1n) is 7.98. The minimum Gasteiger partial charge on any atom is -0.539 e. The van der Waals surface area contributed by atoms with Gasteiger partial charge in [-0.2, -0.15) is 0 Å². The summed E-state index contributed by atoms with van der Waals surface area (Å²) in [6.45, 7) is 6.09. The van der Waals surface area contributed by atoms with Gasteiger partial charge in [0.15, 0.2) is 17.3 Å². The van der Waals surface area contributed by atoms with Crippen LogP contribution in [0.1, 0.15) is 17.0 Å². The van der Waals surface area contributed by atoms with E-state index in [4.69, 9.17) is 25.0 Å². The van der Waals surface area contributed by atoms with Crippen LogP contribution in [0.3, 0.4) is 0 Å². The molecule has 2 unspecified atom stereocenters. The number of hydrogen-bond acceptors (Lipinski definition) is 4. The number of rotatable bonds is 8. The minimum absolute atomic E-state index is 0.0949. The summed E-state index contributed by atoms with van der Waals surface area (Å²) < 4.78 is 47.2. The highest BCUT2D eigenvalue weighted by molar-refractivity contribution is 9.09. The molecule has 1 aromatic heterocycles. The largest absolute Gasteiger partial charge is 0.539 e. The molecule has 0 bridgehead atoms. The maximum Gasteiger partial charge on any atom is 0.242 e. The van der Waals surface area contributed by atoms with E-state index in [2.05, 4.69) is 20.7 Å². The molecular formula is C16H20BrClFNO5SSi. The van der Waals surface area contributed by atoms with E-state index in [0.717, 1.165) is 0 Å². The average molecular weight is 501 g/mol. The van der Waals surface area contributed by atoms with E-state index in [9.17, 15) is 13.7 Å². The molecular weight excluding hydrogens is 481 g/mol. The van der Waals surface area contributed by atoms with Crippen molar-refractivity contribution in [2.45, 2.75) is 30.9 Å². The molecule has 0 fully saturated rings. The fraction of sp³-hybridized carbons (Fsp3) is 0.375. The fourth-order valence-electron chi connectivity index (χ4n) is 2.27. The lowest BCUT2D eigenvalue weighted by molar-refractivity contribution is 0.438. The molecule has 2 rings (SSSR count). The van der Waals surface area contributed by atoms with Crippen molar-refractivity contribution in [2.24, 2.45) is 0 Å². The first-order valence-corrected chi connectivity index (χ1v) is 13.8. The van der Waals surface area contributed by atoms with Crippen molar-refractivity contribution in [2.75, 3.05) is 6.54 Å². The van der Waals surface area contributed by atoms with Gasteiger partial charge in [-0.1, -0.05) is 27.5 Å². The zero-order valence-corrected chi connectivity index (χ0v) is 19.0. The van der Waals surface area contributed by atoms with Crippen LogP contribution in [0.4, 0.5) is 4.39 Å². The van der Waals surface area contributed by atoms with E-state index < -0.39 is 30.2 Å². The van der Waals surface area contributed by atoms with Crippen LogP contribution < -0.4 is 9.15 Å². The van der Waals surface area contributed by atoms with Gasteiger partial charge in [-0.05, 0) is 44.3 Å². The topological polar surface area (TPSA) is 91.9 Å². The highest BCUT2D eigenvalue weighted by atomic mass is 79.9. The molecule has 0 spiro atoms. The van der Waals surface area contributed by atoms with Crippen LogP contribution in [0.2, 0.25) is 24.7 Å². The predicted molar refractivity (Wildman–Crippen MR) is 110 cm³/mol. The average Bonchev–Trinajstić information content (AvgIpc) is 2.85. The molecule has 6 nitrogen and oxygen atoms in total. The molecule has 150 valence electrons. The molecule has 27 heavy (non-hydrogen) atoms. The molecule has 0 saturated heterocycles. The van der Waals surface area contributed by atoms with Crippen molar-refractivity contribution in [3.05, 3.63) is 34.8 Å². The SMILES string of the molecule is C[Si](C)(C)Oc1c(C(Br)CCNS(=O)O)oc(-c2ccc(F)c(Cl)c2)c1O. The van der Waals surface area contributed by atoms with Crippen LogP contribution in [-0.4, -0.2) is 28.7 Å². The third kappa shape index (κ3) is 6.03. The van der Waals surface area contributed by atoms with Crippen LogP contribution in [0.25, 0.3) is 11.3 Å². The maximum absolute atomic E-state index is 13.5. The van der Waals surface area contributed by atoms with Crippen molar-refractivity contribution in [1.82, 2.24) is 4.72 Å². The molecule has 0 aliphatic carbocycles. The second-order valence-electron chi connectivity index (χ2n) is 6.72. The zero-order chi connectivity index (χ0) is 20.4. The Labute approximate surface area is 173 Å². The molecule has 3 N–H and O–H groups in total. The summed E-state index contributed by atoms with van der Waals surface area (Å²) in [5, 5.41) is 10.6. The number of aromatic hydroxyl groups is 1. The molecule has 0 saturated carbocycles. The Kier molecular flexibility index (Phi) is 7.51. The maximum atomic E-state index is 13.5. The minimum atomic E-state index is -2.12. The second kappa shape index (κ2) is 9.06. The van der Waals surface area contributed by atoms with Gasteiger partial charge < -0.3 is 13.9 Å². The highest BCUT2D eigenvalue weighted by Crippen LogP contribution is 2.49. The summed E-state index contributed by atoms with van der Waals surface area (Å²) in [6, 6.07) is 3.99. The molecule has 2 atom stereocenters. The van der Waals surface area contributed by atoms with E-state index in [1.165, 1.54) is 18.2 Å². The van der Waals surface area contributed by atoms with Crippen molar-refractivity contribution in [3.63, 3.8) is 0 Å². The lowest BCUT2D eigenvalue weighted by atomic mass is 10.1. The number of benzene rings is 1. The molecule has 0 amide bonds. The van der Waals surface area contributed by atoms with E-state index in [1.54, 1.807) is 0 Å². The molecule has 1 aromatic carbocycles. The lowest BCUT2D eigenvalue weighted by Gasteiger charge is -2.20. The Morgan fingerprint density at radius 2 is 2.11 bits per heavy atom. The van der Waals surface area contributed by atoms with Gasteiger partial charge in [-0.25, -0.2) is 13.3 Å². The van der Waals surface area contributed by atoms with Crippen molar-refractivity contribution in [3.8, 4) is 22.8 Å². The van der Waals surface area contributed by atoms with Crippen LogP contribution in [0.5, 0.6) is 11.5 Å². The molecule has 0 radical (unpaired) electrons. The fourth-order valence-corrected chi connectivity index (χ4v) is 4.09. The van der Waals surface area contributed by atoms with Gasteiger partial charge in [-0.15, -0.1) is 0 Å². The first kappa shape index (κ1) is 22.4. The summed E-state index contributed by atoms with van der Waals surface area (Å²) in [7, 11) is -2.09. The number of alkyl halides is 1. The molecule has 1 heterocycles. The summed E-state index contributed by atoms with van der Waals surface area (Å²) in [6.07, 6.45) is 0.394. The third-order valence-electron chi connectivity index (χ3n) is 3.36. The van der Waals surface area contributed by atoms with E-state index in [0.29, 0.717) is 17.7 Å². The third-order valence-corrected chi connectivity index (χ3v) is 5.79. The summed E-state index contributed by atoms with van der Waals surface area (Å²) >= 11 is 7.18. The zero-order valence-electron chi connectivity index (χ0n) is 14.9. The van der Waals surface area contributed by atoms with Gasteiger partial charge in [0.05, 0.1) is 9.85 Å². The summed E-state index contributed by atoms with van der Waals surface area (Å²) in [5.41, 5.74) is 0.403. The Hall–Kier alpha value is -0.913. The lowest BCUT2D eigenvalue weighted by Crippen LogP contribution is -2.29. The molecule has 0 aliphatic heterocycles. The molecule has 11 heteroatoms. The van der Waals surface area contributed by atoms with Gasteiger partial charge in [0.25, 0.3) is 0 Å². The highest BCUT2D eigenvalue weighted by Gasteiger charge is 2.30. The summed E-state index contributed by atoms with van der Waals surface area (Å²) in [4.78, 5) is -0.393. The Bertz CT molecular complexity index is 845. The number of nitrogens with one attached hydrogen (secondary N) is 1. The van der Waals surface area contributed by atoms with Gasteiger partial charge in [0, 0.05) is 12.1 Å². The van der Waals surface area contributed by atoms with E-state index >= 15 is 0 Å². The number of hydrogen-bond donors (Lipinski definition) is 3. The number of furan rings is 1. The van der Waals surface area contributed by atoms with Crippen LogP contribution in [0.15, 0.2) is 22.6 Å². The van der Waals surface area contributed by atoms with Crippen molar-refractivity contribution in [1.29, 1.82) is 0 Å².